The van der Waals surface area contributed by atoms with Gasteiger partial charge in [-0.3, -0.25) is 0 Å². The highest BCUT2D eigenvalue weighted by Crippen LogP contribution is 2.24. The van der Waals surface area contributed by atoms with Gasteiger partial charge in [-0.25, -0.2) is 14.6 Å². The Hall–Kier alpha value is -3.81. The smallest absolute Gasteiger partial charge is 0.414 e. The van der Waals surface area contributed by atoms with E-state index < -0.39 is 11.9 Å². The number of ether oxygens (including phenoxy) is 1. The average molecular weight is 397 g/mol. The molecule has 0 spiro atoms. The molecule has 8 heteroatoms. The molecule has 152 valence electrons. The number of imidazole rings is 1. The molecule has 29 heavy (non-hydrogen) atoms. The summed E-state index contributed by atoms with van der Waals surface area (Å²) >= 11 is 0. The highest BCUT2D eigenvalue weighted by atomic mass is 16.5. The Bertz CT molecular complexity index is 951. The third-order valence-electron chi connectivity index (χ3n) is 4.13. The minimum Gasteiger partial charge on any atom is -0.497 e. The lowest BCUT2D eigenvalue weighted by Gasteiger charge is -2.09. The first kappa shape index (κ1) is 21.5. The molecule has 3 N–H and O–H groups in total. The minimum absolute atomic E-state index is 0.757. The molecule has 0 atom stereocenters. The van der Waals surface area contributed by atoms with Crippen LogP contribution >= 0.6 is 0 Å². The van der Waals surface area contributed by atoms with Crippen LogP contribution in [0, 0.1) is 6.92 Å². The Labute approximate surface area is 168 Å². The van der Waals surface area contributed by atoms with E-state index in [1.54, 1.807) is 7.11 Å². The van der Waals surface area contributed by atoms with Gasteiger partial charge in [0.2, 0.25) is 5.95 Å². The van der Waals surface area contributed by atoms with E-state index in [1.165, 1.54) is 11.1 Å². The van der Waals surface area contributed by atoms with Crippen LogP contribution in [0.5, 0.6) is 5.75 Å². The lowest BCUT2D eigenvalue weighted by Crippen LogP contribution is -2.09. The third-order valence-corrected chi connectivity index (χ3v) is 4.13. The van der Waals surface area contributed by atoms with Crippen LogP contribution in [0.15, 0.2) is 54.7 Å². The highest BCUT2D eigenvalue weighted by Gasteiger charge is 2.08. The standard InChI is InChI=1S/C19H21N3O.C2H2O4/c1-14-4-6-15(7-5-14)12-20-19-21-13-18(22(19)2)16-8-10-17(23-3)11-9-16;3-1(4)2(5)6/h4-11,13H,12H2,1-3H3,(H,20,21);(H,3,4)(H,5,6). The maximum atomic E-state index is 9.10. The molecule has 8 nitrogen and oxygen atoms in total. The lowest BCUT2D eigenvalue weighted by atomic mass is 10.1. The molecule has 0 bridgehead atoms. The second-order valence-corrected chi connectivity index (χ2v) is 6.20. The molecule has 0 unspecified atom stereocenters. The van der Waals surface area contributed by atoms with Gasteiger partial charge >= 0.3 is 11.9 Å². The van der Waals surface area contributed by atoms with Crippen LogP contribution in [0.4, 0.5) is 5.95 Å². The zero-order valence-corrected chi connectivity index (χ0v) is 16.4. The fourth-order valence-corrected chi connectivity index (χ4v) is 2.49. The van der Waals surface area contributed by atoms with Crippen LogP contribution in [-0.2, 0) is 23.2 Å². The lowest BCUT2D eigenvalue weighted by molar-refractivity contribution is -0.159. The van der Waals surface area contributed by atoms with E-state index >= 15 is 0 Å². The monoisotopic (exact) mass is 397 g/mol. The topological polar surface area (TPSA) is 114 Å². The molecular formula is C21H23N3O5. The molecule has 0 amide bonds. The fraction of sp³-hybridized carbons (Fsp3) is 0.190. The molecular weight excluding hydrogens is 374 g/mol. The molecule has 0 aliphatic heterocycles. The number of aliphatic carboxylic acids is 2. The van der Waals surface area contributed by atoms with Crippen molar-refractivity contribution in [2.45, 2.75) is 13.5 Å². The number of hydrogen-bond acceptors (Lipinski definition) is 5. The molecule has 0 radical (unpaired) electrons. The summed E-state index contributed by atoms with van der Waals surface area (Å²) in [5, 5.41) is 18.2. The van der Waals surface area contributed by atoms with Crippen molar-refractivity contribution in [2.75, 3.05) is 12.4 Å². The number of nitrogens with zero attached hydrogens (tertiary/aromatic N) is 2. The van der Waals surface area contributed by atoms with E-state index in [1.807, 2.05) is 37.5 Å². The SMILES string of the molecule is COc1ccc(-c2cnc(NCc3ccc(C)cc3)n2C)cc1.O=C(O)C(=O)O. The molecule has 2 aromatic carbocycles. The number of carboxylic acids is 2. The van der Waals surface area contributed by atoms with E-state index in [9.17, 15) is 0 Å². The molecule has 0 saturated carbocycles. The van der Waals surface area contributed by atoms with Crippen LogP contribution in [0.3, 0.4) is 0 Å². The van der Waals surface area contributed by atoms with Crippen LogP contribution in [0.2, 0.25) is 0 Å². The molecule has 0 saturated heterocycles. The molecule has 1 heterocycles. The van der Waals surface area contributed by atoms with Crippen LogP contribution < -0.4 is 10.1 Å². The number of hydrogen-bond donors (Lipinski definition) is 3. The molecule has 3 aromatic rings. The van der Waals surface area contributed by atoms with Gasteiger partial charge in [0.15, 0.2) is 0 Å². The first-order valence-corrected chi connectivity index (χ1v) is 8.73. The van der Waals surface area contributed by atoms with Crippen molar-refractivity contribution < 1.29 is 24.5 Å². The summed E-state index contributed by atoms with van der Waals surface area (Å²) in [6.45, 7) is 2.85. The van der Waals surface area contributed by atoms with Crippen molar-refractivity contribution >= 4 is 17.9 Å². The van der Waals surface area contributed by atoms with Gasteiger partial charge in [0.25, 0.3) is 0 Å². The number of carbonyl (C=O) groups is 2. The van der Waals surface area contributed by atoms with Gasteiger partial charge in [-0.1, -0.05) is 29.8 Å². The summed E-state index contributed by atoms with van der Waals surface area (Å²) in [4.78, 5) is 22.7. The fourth-order valence-electron chi connectivity index (χ4n) is 2.49. The Kier molecular flexibility index (Phi) is 7.36. The van der Waals surface area contributed by atoms with E-state index in [2.05, 4.69) is 46.1 Å². The quantitative estimate of drug-likeness (QED) is 0.567. The number of rotatable bonds is 5. The van der Waals surface area contributed by atoms with Crippen molar-refractivity contribution in [3.8, 4) is 17.0 Å². The summed E-state index contributed by atoms with van der Waals surface area (Å²) in [6, 6.07) is 16.5. The second kappa shape index (κ2) is 9.93. The van der Waals surface area contributed by atoms with Gasteiger partial charge in [0.1, 0.15) is 5.75 Å². The van der Waals surface area contributed by atoms with Crippen LogP contribution in [0.25, 0.3) is 11.3 Å². The first-order chi connectivity index (χ1) is 13.8. The van der Waals surface area contributed by atoms with Crippen LogP contribution in [-0.4, -0.2) is 38.8 Å². The minimum atomic E-state index is -1.82. The zero-order valence-electron chi connectivity index (χ0n) is 16.4. The molecule has 3 rings (SSSR count). The number of anilines is 1. The predicted octanol–water partition coefficient (Wildman–Crippen LogP) is 3.17. The average Bonchev–Trinajstić information content (AvgIpc) is 3.08. The summed E-state index contributed by atoms with van der Waals surface area (Å²) in [7, 11) is 3.69. The van der Waals surface area contributed by atoms with Crippen molar-refractivity contribution in [3.05, 3.63) is 65.9 Å². The van der Waals surface area contributed by atoms with Crippen molar-refractivity contribution in [1.29, 1.82) is 0 Å². The number of aromatic nitrogens is 2. The van der Waals surface area contributed by atoms with Gasteiger partial charge < -0.3 is 24.8 Å². The number of benzene rings is 2. The number of methoxy groups -OCH3 is 1. The van der Waals surface area contributed by atoms with Gasteiger partial charge in [-0.15, -0.1) is 0 Å². The molecule has 1 aromatic heterocycles. The molecule has 0 aliphatic rings. The molecule has 0 aliphatic carbocycles. The maximum absolute atomic E-state index is 9.10. The summed E-state index contributed by atoms with van der Waals surface area (Å²) in [5.41, 5.74) is 4.69. The number of aryl methyl sites for hydroxylation is 1. The Morgan fingerprint density at radius 1 is 1.03 bits per heavy atom. The van der Waals surface area contributed by atoms with Gasteiger partial charge in [0, 0.05) is 19.2 Å². The van der Waals surface area contributed by atoms with E-state index in [0.29, 0.717) is 0 Å². The summed E-state index contributed by atoms with van der Waals surface area (Å²) in [6.07, 6.45) is 1.89. The first-order valence-electron chi connectivity index (χ1n) is 8.73. The van der Waals surface area contributed by atoms with Gasteiger partial charge in [0.05, 0.1) is 19.0 Å². The van der Waals surface area contributed by atoms with E-state index in [4.69, 9.17) is 24.5 Å². The Morgan fingerprint density at radius 2 is 1.62 bits per heavy atom. The molecule has 0 fully saturated rings. The third kappa shape index (κ3) is 6.10. The Balaban J connectivity index is 0.000000438. The largest absolute Gasteiger partial charge is 0.497 e. The zero-order chi connectivity index (χ0) is 21.4. The van der Waals surface area contributed by atoms with Gasteiger partial charge in [-0.2, -0.15) is 0 Å². The normalized spacial score (nSPS) is 9.90. The van der Waals surface area contributed by atoms with Crippen molar-refractivity contribution in [3.63, 3.8) is 0 Å². The van der Waals surface area contributed by atoms with E-state index in [0.717, 1.165) is 29.5 Å². The van der Waals surface area contributed by atoms with Gasteiger partial charge in [-0.05, 0) is 36.8 Å². The van der Waals surface area contributed by atoms with Crippen molar-refractivity contribution in [2.24, 2.45) is 7.05 Å². The Morgan fingerprint density at radius 3 is 2.14 bits per heavy atom. The summed E-state index contributed by atoms with van der Waals surface area (Å²) < 4.78 is 7.27. The summed E-state index contributed by atoms with van der Waals surface area (Å²) in [5.74, 6) is -1.94. The van der Waals surface area contributed by atoms with Crippen molar-refractivity contribution in [1.82, 2.24) is 9.55 Å². The number of carboxylic acid groups (broad SMARTS) is 2. The van der Waals surface area contributed by atoms with E-state index in [-0.39, 0.29) is 0 Å². The predicted molar refractivity (Wildman–Crippen MR) is 109 cm³/mol. The second-order valence-electron chi connectivity index (χ2n) is 6.20. The highest BCUT2D eigenvalue weighted by molar-refractivity contribution is 6.27. The van der Waals surface area contributed by atoms with Crippen LogP contribution in [0.1, 0.15) is 11.1 Å². The maximum Gasteiger partial charge on any atom is 0.414 e. The number of nitrogens with one attached hydrogen (secondary N) is 1.